The lowest BCUT2D eigenvalue weighted by molar-refractivity contribution is 0.0949. The molecule has 28 heavy (non-hydrogen) atoms. The fourth-order valence-corrected chi connectivity index (χ4v) is 2.72. The Bertz CT molecular complexity index is 955. The van der Waals surface area contributed by atoms with Gasteiger partial charge in [-0.2, -0.15) is 0 Å². The Morgan fingerprint density at radius 3 is 2.29 bits per heavy atom. The van der Waals surface area contributed by atoms with Crippen LogP contribution in [0.3, 0.4) is 0 Å². The molecule has 142 valence electrons. The number of carbonyl (C=O) groups excluding carboxylic acids is 2. The van der Waals surface area contributed by atoms with E-state index in [2.05, 4.69) is 10.6 Å². The number of hydrogen-bond acceptors (Lipinski definition) is 3. The highest BCUT2D eigenvalue weighted by Crippen LogP contribution is 2.16. The molecule has 5 nitrogen and oxygen atoms in total. The molecule has 0 saturated heterocycles. The summed E-state index contributed by atoms with van der Waals surface area (Å²) in [7, 11) is 0. The fraction of sp³-hybridized carbons (Fsp3) is 0.130. The minimum atomic E-state index is -0.261. The van der Waals surface area contributed by atoms with Crippen LogP contribution in [-0.2, 0) is 6.54 Å². The third-order valence-electron chi connectivity index (χ3n) is 4.09. The average Bonchev–Trinajstić information content (AvgIpc) is 2.73. The topological polar surface area (TPSA) is 67.4 Å². The highest BCUT2D eigenvalue weighted by atomic mass is 16.5. The van der Waals surface area contributed by atoms with Gasteiger partial charge in [-0.1, -0.05) is 42.5 Å². The predicted octanol–water partition coefficient (Wildman–Crippen LogP) is 4.27. The van der Waals surface area contributed by atoms with Crippen molar-refractivity contribution in [2.75, 3.05) is 11.9 Å². The molecule has 0 aliphatic rings. The molecule has 5 heteroatoms. The van der Waals surface area contributed by atoms with Crippen LogP contribution in [0.15, 0.2) is 78.9 Å². The van der Waals surface area contributed by atoms with E-state index in [1.807, 2.05) is 37.3 Å². The highest BCUT2D eigenvalue weighted by Gasteiger charge is 2.10. The minimum absolute atomic E-state index is 0.196. The first-order valence-corrected chi connectivity index (χ1v) is 9.12. The Morgan fingerprint density at radius 1 is 0.821 bits per heavy atom. The maximum absolute atomic E-state index is 12.5. The summed E-state index contributed by atoms with van der Waals surface area (Å²) in [5, 5.41) is 5.70. The number of carbonyl (C=O) groups is 2. The van der Waals surface area contributed by atoms with E-state index in [-0.39, 0.29) is 11.8 Å². The summed E-state index contributed by atoms with van der Waals surface area (Å²) in [5.41, 5.74) is 2.55. The van der Waals surface area contributed by atoms with Crippen molar-refractivity contribution in [3.05, 3.63) is 95.6 Å². The summed E-state index contributed by atoms with van der Waals surface area (Å²) in [4.78, 5) is 24.9. The first-order chi connectivity index (χ1) is 13.7. The van der Waals surface area contributed by atoms with Gasteiger partial charge in [-0.3, -0.25) is 9.59 Å². The maximum atomic E-state index is 12.5. The molecule has 3 aromatic carbocycles. The lowest BCUT2D eigenvalue weighted by atomic mass is 10.1. The quantitative estimate of drug-likeness (QED) is 0.649. The molecule has 3 aromatic rings. The third-order valence-corrected chi connectivity index (χ3v) is 4.09. The zero-order chi connectivity index (χ0) is 19.8. The molecular weight excluding hydrogens is 352 g/mol. The van der Waals surface area contributed by atoms with Crippen molar-refractivity contribution in [1.82, 2.24) is 5.32 Å². The maximum Gasteiger partial charge on any atom is 0.255 e. The third kappa shape index (κ3) is 5.20. The number of hydrogen-bond donors (Lipinski definition) is 2. The smallest absolute Gasteiger partial charge is 0.255 e. The van der Waals surface area contributed by atoms with E-state index in [4.69, 9.17) is 4.74 Å². The van der Waals surface area contributed by atoms with E-state index in [1.54, 1.807) is 48.5 Å². The van der Waals surface area contributed by atoms with Crippen LogP contribution < -0.4 is 15.4 Å². The van der Waals surface area contributed by atoms with E-state index in [1.165, 1.54) is 0 Å². The second-order valence-electron chi connectivity index (χ2n) is 6.16. The average molecular weight is 374 g/mol. The van der Waals surface area contributed by atoms with Crippen molar-refractivity contribution in [3.8, 4) is 5.75 Å². The molecule has 0 aliphatic carbocycles. The van der Waals surface area contributed by atoms with E-state index >= 15 is 0 Å². The van der Waals surface area contributed by atoms with Gasteiger partial charge in [0.1, 0.15) is 5.75 Å². The summed E-state index contributed by atoms with van der Waals surface area (Å²) in [6, 6.07) is 23.5. The SMILES string of the molecule is CCOc1cccc(C(=O)Nc2cccc(C(=O)NCc3ccccc3)c2)c1. The molecule has 0 radical (unpaired) electrons. The second kappa shape index (κ2) is 9.37. The molecule has 2 N–H and O–H groups in total. The molecule has 0 unspecified atom stereocenters. The van der Waals surface area contributed by atoms with E-state index < -0.39 is 0 Å². The number of anilines is 1. The Kier molecular flexibility index (Phi) is 6.41. The van der Waals surface area contributed by atoms with Crippen molar-refractivity contribution < 1.29 is 14.3 Å². The zero-order valence-corrected chi connectivity index (χ0v) is 15.6. The van der Waals surface area contributed by atoms with Crippen LogP contribution in [-0.4, -0.2) is 18.4 Å². The first-order valence-electron chi connectivity index (χ1n) is 9.12. The van der Waals surface area contributed by atoms with Gasteiger partial charge in [-0.25, -0.2) is 0 Å². The van der Waals surface area contributed by atoms with Gasteiger partial charge in [0.15, 0.2) is 0 Å². The monoisotopic (exact) mass is 374 g/mol. The lowest BCUT2D eigenvalue weighted by Crippen LogP contribution is -2.23. The Labute approximate surface area is 164 Å². The molecule has 0 bridgehead atoms. The van der Waals surface area contributed by atoms with Crippen LogP contribution in [0.1, 0.15) is 33.2 Å². The van der Waals surface area contributed by atoms with Crippen molar-refractivity contribution in [1.29, 1.82) is 0 Å². The van der Waals surface area contributed by atoms with Crippen LogP contribution in [0.5, 0.6) is 5.75 Å². The summed E-state index contributed by atoms with van der Waals surface area (Å²) in [5.74, 6) is 0.186. The van der Waals surface area contributed by atoms with Crippen molar-refractivity contribution in [2.45, 2.75) is 13.5 Å². The van der Waals surface area contributed by atoms with Gasteiger partial charge in [0.05, 0.1) is 6.61 Å². The number of benzene rings is 3. The standard InChI is InChI=1S/C23H22N2O3/c1-2-28-21-13-7-11-19(15-21)23(27)25-20-12-6-10-18(14-20)22(26)24-16-17-8-4-3-5-9-17/h3-15H,2,16H2,1H3,(H,24,26)(H,25,27). The molecule has 3 rings (SSSR count). The van der Waals surface area contributed by atoms with Crippen molar-refractivity contribution in [3.63, 3.8) is 0 Å². The predicted molar refractivity (Wildman–Crippen MR) is 110 cm³/mol. The molecule has 0 fully saturated rings. The number of rotatable bonds is 7. The van der Waals surface area contributed by atoms with Gasteiger partial charge in [-0.15, -0.1) is 0 Å². The number of nitrogens with one attached hydrogen (secondary N) is 2. The van der Waals surface area contributed by atoms with Gasteiger partial charge in [-0.05, 0) is 48.9 Å². The minimum Gasteiger partial charge on any atom is -0.494 e. The van der Waals surface area contributed by atoms with Crippen LogP contribution in [0.4, 0.5) is 5.69 Å². The van der Waals surface area contributed by atoms with E-state index in [0.717, 1.165) is 5.56 Å². The summed E-state index contributed by atoms with van der Waals surface area (Å²) in [6.45, 7) is 2.87. The summed E-state index contributed by atoms with van der Waals surface area (Å²) >= 11 is 0. The van der Waals surface area contributed by atoms with Crippen molar-refractivity contribution in [2.24, 2.45) is 0 Å². The van der Waals surface area contributed by atoms with Crippen LogP contribution in [0.2, 0.25) is 0 Å². The molecule has 0 atom stereocenters. The molecule has 0 spiro atoms. The molecule has 0 aliphatic heterocycles. The lowest BCUT2D eigenvalue weighted by Gasteiger charge is -2.09. The number of ether oxygens (including phenoxy) is 1. The molecule has 0 heterocycles. The van der Waals surface area contributed by atoms with Crippen LogP contribution in [0.25, 0.3) is 0 Å². The Morgan fingerprint density at radius 2 is 1.54 bits per heavy atom. The van der Waals surface area contributed by atoms with Gasteiger partial charge in [0, 0.05) is 23.4 Å². The summed E-state index contributed by atoms with van der Waals surface area (Å²) < 4.78 is 5.43. The summed E-state index contributed by atoms with van der Waals surface area (Å²) in [6.07, 6.45) is 0. The van der Waals surface area contributed by atoms with Crippen LogP contribution >= 0.6 is 0 Å². The largest absolute Gasteiger partial charge is 0.494 e. The molecular formula is C23H22N2O3. The second-order valence-corrected chi connectivity index (χ2v) is 6.16. The van der Waals surface area contributed by atoms with Gasteiger partial charge in [0.25, 0.3) is 11.8 Å². The van der Waals surface area contributed by atoms with Gasteiger partial charge < -0.3 is 15.4 Å². The van der Waals surface area contributed by atoms with E-state index in [0.29, 0.717) is 35.7 Å². The zero-order valence-electron chi connectivity index (χ0n) is 15.6. The van der Waals surface area contributed by atoms with Gasteiger partial charge in [0.2, 0.25) is 0 Å². The normalized spacial score (nSPS) is 10.2. The fourth-order valence-electron chi connectivity index (χ4n) is 2.72. The Balaban J connectivity index is 1.65. The van der Waals surface area contributed by atoms with E-state index in [9.17, 15) is 9.59 Å². The molecule has 0 saturated carbocycles. The van der Waals surface area contributed by atoms with Crippen LogP contribution in [0, 0.1) is 0 Å². The first kappa shape index (κ1) is 19.2. The molecule has 2 amide bonds. The Hall–Kier alpha value is -3.60. The number of amides is 2. The highest BCUT2D eigenvalue weighted by molar-refractivity contribution is 6.05. The van der Waals surface area contributed by atoms with Gasteiger partial charge >= 0.3 is 0 Å². The molecule has 0 aromatic heterocycles. The van der Waals surface area contributed by atoms with Crippen molar-refractivity contribution >= 4 is 17.5 Å².